The first kappa shape index (κ1) is 21.1. The average Bonchev–Trinajstić information content (AvgIpc) is 2.81. The first-order valence-corrected chi connectivity index (χ1v) is 9.40. The number of nitrogen functional groups attached to an aromatic ring is 1. The number of rotatable bonds is 5. The Morgan fingerprint density at radius 1 is 1.33 bits per heavy atom. The summed E-state index contributed by atoms with van der Waals surface area (Å²) in [5.74, 6) is 0.387. The van der Waals surface area contributed by atoms with Crippen molar-refractivity contribution in [2.45, 2.75) is 46.6 Å². The molecule has 0 aliphatic rings. The number of nitrogens with two attached hydrogens (primary N) is 1. The second-order valence-corrected chi connectivity index (χ2v) is 9.29. The van der Waals surface area contributed by atoms with Gasteiger partial charge in [0.15, 0.2) is 5.75 Å². The van der Waals surface area contributed by atoms with Crippen molar-refractivity contribution in [1.82, 2.24) is 14.8 Å². The third-order valence-corrected chi connectivity index (χ3v) is 4.61. The van der Waals surface area contributed by atoms with Crippen LogP contribution in [0.4, 0.5) is 10.5 Å². The summed E-state index contributed by atoms with van der Waals surface area (Å²) in [6.45, 7) is 9.90. The number of benzene rings is 1. The first-order valence-electron chi connectivity index (χ1n) is 8.60. The van der Waals surface area contributed by atoms with Crippen molar-refractivity contribution in [3.05, 3.63) is 28.9 Å². The molecule has 0 fully saturated rings. The zero-order valence-electron chi connectivity index (χ0n) is 16.6. The minimum absolute atomic E-state index is 0.0738. The Morgan fingerprint density at radius 3 is 2.44 bits per heavy atom. The number of hydrogen-bond donors (Lipinski definition) is 2. The van der Waals surface area contributed by atoms with E-state index >= 15 is 0 Å². The Bertz CT molecular complexity index is 820. The Labute approximate surface area is 168 Å². The molecule has 1 aromatic heterocycles. The van der Waals surface area contributed by atoms with Crippen LogP contribution in [0.25, 0.3) is 11.3 Å². The molecule has 27 heavy (non-hydrogen) atoms. The molecule has 2 rings (SSSR count). The molecule has 1 amide bonds. The molecule has 8 heteroatoms. The zero-order valence-corrected chi connectivity index (χ0v) is 18.2. The first-order chi connectivity index (χ1) is 12.3. The lowest BCUT2D eigenvalue weighted by Gasteiger charge is -2.39. The predicted molar refractivity (Wildman–Crippen MR) is 109 cm³/mol. The van der Waals surface area contributed by atoms with Crippen LogP contribution >= 0.6 is 15.9 Å². The molecule has 7 nitrogen and oxygen atoms in total. The van der Waals surface area contributed by atoms with Crippen molar-refractivity contribution in [2.75, 3.05) is 5.73 Å². The summed E-state index contributed by atoms with van der Waals surface area (Å²) < 4.78 is 2.44. The molecule has 0 saturated carbocycles. The number of anilines is 1. The number of carboxylic acid groups (broad SMARTS) is 1. The van der Waals surface area contributed by atoms with Crippen LogP contribution in [0.3, 0.4) is 0 Å². The molecule has 3 N–H and O–H groups in total. The fraction of sp³-hybridized carbons (Fsp3) is 0.474. The predicted octanol–water partition coefficient (Wildman–Crippen LogP) is 4.92. The summed E-state index contributed by atoms with van der Waals surface area (Å²) in [7, 11) is 1.80. The van der Waals surface area contributed by atoms with Gasteiger partial charge in [0.05, 0.1) is 21.9 Å². The summed E-state index contributed by atoms with van der Waals surface area (Å²) in [4.78, 5) is 17.9. The molecule has 0 unspecified atom stereocenters. The molecule has 0 spiro atoms. The third kappa shape index (κ3) is 4.94. The van der Waals surface area contributed by atoms with E-state index in [2.05, 4.69) is 41.8 Å². The molecule has 148 valence electrons. The van der Waals surface area contributed by atoms with Gasteiger partial charge in [-0.1, -0.05) is 20.8 Å². The number of halogens is 1. The SMILES string of the molecule is Cn1ncc(Br)c1-c1cc(N)ccc1ON(C(=O)O)C(C)(C)CC(C)(C)C. The van der Waals surface area contributed by atoms with Gasteiger partial charge in [-0.25, -0.2) is 4.79 Å². The minimum Gasteiger partial charge on any atom is -0.463 e. The van der Waals surface area contributed by atoms with Gasteiger partial charge in [0.25, 0.3) is 0 Å². The lowest BCUT2D eigenvalue weighted by molar-refractivity contribution is -0.113. The fourth-order valence-electron chi connectivity index (χ4n) is 3.42. The van der Waals surface area contributed by atoms with Crippen LogP contribution in [-0.2, 0) is 7.05 Å². The maximum atomic E-state index is 12.0. The van der Waals surface area contributed by atoms with Crippen molar-refractivity contribution in [3.8, 4) is 17.0 Å². The lowest BCUT2D eigenvalue weighted by atomic mass is 9.81. The Morgan fingerprint density at radius 2 is 1.96 bits per heavy atom. The van der Waals surface area contributed by atoms with E-state index < -0.39 is 11.6 Å². The third-order valence-electron chi connectivity index (χ3n) is 4.03. The Kier molecular flexibility index (Phi) is 5.79. The summed E-state index contributed by atoms with van der Waals surface area (Å²) in [6, 6.07) is 5.10. The van der Waals surface area contributed by atoms with Crippen molar-refractivity contribution in [1.29, 1.82) is 0 Å². The highest BCUT2D eigenvalue weighted by molar-refractivity contribution is 9.10. The van der Waals surface area contributed by atoms with Crippen molar-refractivity contribution in [3.63, 3.8) is 0 Å². The number of carbonyl (C=O) groups is 1. The van der Waals surface area contributed by atoms with Crippen LogP contribution in [0, 0.1) is 5.41 Å². The van der Waals surface area contributed by atoms with Crippen molar-refractivity contribution >= 4 is 27.7 Å². The van der Waals surface area contributed by atoms with Gasteiger partial charge < -0.3 is 15.7 Å². The number of nitrogens with zero attached hydrogens (tertiary/aromatic N) is 3. The minimum atomic E-state index is -1.16. The number of aryl methyl sites for hydroxylation is 1. The smallest absolute Gasteiger partial charge is 0.441 e. The van der Waals surface area contributed by atoms with Crippen LogP contribution < -0.4 is 10.6 Å². The molecule has 1 heterocycles. The highest BCUT2D eigenvalue weighted by atomic mass is 79.9. The van der Waals surface area contributed by atoms with Crippen molar-refractivity contribution < 1.29 is 14.7 Å². The van der Waals surface area contributed by atoms with Crippen LogP contribution in [-0.4, -0.2) is 31.6 Å². The lowest BCUT2D eigenvalue weighted by Crippen LogP contribution is -2.51. The molecular weight excluding hydrogens is 412 g/mol. The second kappa shape index (κ2) is 7.42. The number of hydroxylamine groups is 2. The molecule has 2 aromatic rings. The average molecular weight is 439 g/mol. The number of amides is 1. The quantitative estimate of drug-likeness (QED) is 0.510. The van der Waals surface area contributed by atoms with Gasteiger partial charge >= 0.3 is 6.09 Å². The zero-order chi connectivity index (χ0) is 20.6. The van der Waals surface area contributed by atoms with E-state index in [1.165, 1.54) is 0 Å². The van der Waals surface area contributed by atoms with Gasteiger partial charge in [-0.05, 0) is 59.8 Å². The Hall–Kier alpha value is -2.22. The van der Waals surface area contributed by atoms with Gasteiger partial charge in [-0.2, -0.15) is 5.10 Å². The largest absolute Gasteiger partial charge is 0.463 e. The molecule has 0 bridgehead atoms. The molecule has 0 atom stereocenters. The number of aromatic nitrogens is 2. The highest BCUT2D eigenvalue weighted by Gasteiger charge is 2.37. The number of hydrogen-bond acceptors (Lipinski definition) is 4. The van der Waals surface area contributed by atoms with Crippen molar-refractivity contribution in [2.24, 2.45) is 12.5 Å². The van der Waals surface area contributed by atoms with E-state index in [1.807, 2.05) is 13.8 Å². The van der Waals surface area contributed by atoms with Crippen LogP contribution in [0.15, 0.2) is 28.9 Å². The standard InChI is InChI=1S/C19H27BrN4O3/c1-18(2,3)11-19(4,5)24(17(25)26)27-15-8-7-12(21)9-13(15)16-14(20)10-22-23(16)6/h7-10H,11,21H2,1-6H3,(H,25,26). The topological polar surface area (TPSA) is 93.6 Å². The molecule has 1 aromatic carbocycles. The van der Waals surface area contributed by atoms with E-state index in [1.54, 1.807) is 36.1 Å². The van der Waals surface area contributed by atoms with Crippen LogP contribution in [0.2, 0.25) is 0 Å². The van der Waals surface area contributed by atoms with Gasteiger partial charge in [-0.15, -0.1) is 5.06 Å². The van der Waals surface area contributed by atoms with Gasteiger partial charge in [0, 0.05) is 18.3 Å². The van der Waals surface area contributed by atoms with Crippen LogP contribution in [0.5, 0.6) is 5.75 Å². The maximum Gasteiger partial charge on any atom is 0.441 e. The summed E-state index contributed by atoms with van der Waals surface area (Å²) in [6.07, 6.45) is 1.13. The van der Waals surface area contributed by atoms with E-state index in [4.69, 9.17) is 10.6 Å². The second-order valence-electron chi connectivity index (χ2n) is 8.44. The fourth-order valence-corrected chi connectivity index (χ4v) is 3.98. The highest BCUT2D eigenvalue weighted by Crippen LogP contribution is 2.38. The normalized spacial score (nSPS) is 12.1. The van der Waals surface area contributed by atoms with Crippen LogP contribution in [0.1, 0.15) is 41.0 Å². The summed E-state index contributed by atoms with van der Waals surface area (Å²) >= 11 is 3.48. The molecule has 0 aliphatic carbocycles. The van der Waals surface area contributed by atoms with E-state index in [0.29, 0.717) is 23.4 Å². The monoisotopic (exact) mass is 438 g/mol. The molecule has 0 radical (unpaired) electrons. The van der Waals surface area contributed by atoms with E-state index in [0.717, 1.165) is 15.2 Å². The molecule has 0 saturated heterocycles. The maximum absolute atomic E-state index is 12.0. The summed E-state index contributed by atoms with van der Waals surface area (Å²) in [5, 5.41) is 15.0. The van der Waals surface area contributed by atoms with Gasteiger partial charge in [0.1, 0.15) is 0 Å². The Balaban J connectivity index is 2.50. The molecular formula is C19H27BrN4O3. The van der Waals surface area contributed by atoms with Gasteiger partial charge in [-0.3, -0.25) is 4.68 Å². The van der Waals surface area contributed by atoms with E-state index in [9.17, 15) is 9.90 Å². The van der Waals surface area contributed by atoms with Gasteiger partial charge in [0.2, 0.25) is 0 Å². The summed E-state index contributed by atoms with van der Waals surface area (Å²) in [5.41, 5.74) is 7.09. The van der Waals surface area contributed by atoms with E-state index in [-0.39, 0.29) is 5.41 Å². The molecule has 0 aliphatic heterocycles.